The first-order chi connectivity index (χ1) is 9.78. The zero-order chi connectivity index (χ0) is 13.9. The van der Waals surface area contributed by atoms with Gasteiger partial charge in [-0.25, -0.2) is 9.37 Å². The number of aliphatic hydroxyl groups excluding tert-OH is 1. The van der Waals surface area contributed by atoms with Gasteiger partial charge in [0.25, 0.3) is 0 Å². The second kappa shape index (κ2) is 6.03. The number of nitrogens with zero attached hydrogens (tertiary/aromatic N) is 2. The summed E-state index contributed by atoms with van der Waals surface area (Å²) in [6.45, 7) is 2.49. The van der Waals surface area contributed by atoms with Gasteiger partial charge in [-0.15, -0.1) is 0 Å². The molecular weight excluding hydrogens is 263 g/mol. The van der Waals surface area contributed by atoms with Crippen molar-refractivity contribution >= 4 is 5.82 Å². The minimum absolute atomic E-state index is 0.0377. The molecule has 5 nitrogen and oxygen atoms in total. The molecule has 3 heterocycles. The molecule has 1 N–H and O–H groups in total. The van der Waals surface area contributed by atoms with E-state index in [0.29, 0.717) is 25.5 Å². The molecule has 0 spiro atoms. The van der Waals surface area contributed by atoms with Crippen LogP contribution in [0, 0.1) is 5.82 Å². The molecule has 0 radical (unpaired) electrons. The van der Waals surface area contributed by atoms with Crippen molar-refractivity contribution in [2.75, 3.05) is 31.2 Å². The van der Waals surface area contributed by atoms with Crippen molar-refractivity contribution in [2.24, 2.45) is 0 Å². The van der Waals surface area contributed by atoms with Gasteiger partial charge in [0, 0.05) is 25.3 Å². The van der Waals surface area contributed by atoms with Gasteiger partial charge in [-0.3, -0.25) is 0 Å². The molecule has 110 valence electrons. The van der Waals surface area contributed by atoms with Crippen LogP contribution in [0.15, 0.2) is 12.3 Å². The molecule has 0 aliphatic carbocycles. The van der Waals surface area contributed by atoms with Gasteiger partial charge >= 0.3 is 0 Å². The van der Waals surface area contributed by atoms with Crippen molar-refractivity contribution in [3.8, 4) is 0 Å². The van der Waals surface area contributed by atoms with Crippen LogP contribution in [-0.2, 0) is 16.1 Å². The van der Waals surface area contributed by atoms with Gasteiger partial charge in [0.15, 0.2) is 0 Å². The van der Waals surface area contributed by atoms with Crippen LogP contribution in [0.1, 0.15) is 18.4 Å². The summed E-state index contributed by atoms with van der Waals surface area (Å²) >= 11 is 0. The van der Waals surface area contributed by atoms with Gasteiger partial charge in [-0.1, -0.05) is 0 Å². The Hall–Kier alpha value is -1.24. The predicted octanol–water partition coefficient (Wildman–Crippen LogP) is 1.10. The van der Waals surface area contributed by atoms with Crippen LogP contribution in [-0.4, -0.2) is 48.6 Å². The number of aliphatic hydroxyl groups is 1. The van der Waals surface area contributed by atoms with Crippen LogP contribution in [0.5, 0.6) is 0 Å². The third-order valence-electron chi connectivity index (χ3n) is 3.89. The number of morpholine rings is 1. The number of ether oxygens (including phenoxy) is 2. The van der Waals surface area contributed by atoms with Crippen molar-refractivity contribution in [3.05, 3.63) is 23.6 Å². The highest BCUT2D eigenvalue weighted by Gasteiger charge is 2.31. The SMILES string of the molecule is OCc1cc(N2CCOC(C3CCCO3)C2)ncc1F. The van der Waals surface area contributed by atoms with E-state index in [2.05, 4.69) is 9.88 Å². The van der Waals surface area contributed by atoms with Crippen LogP contribution in [0.2, 0.25) is 0 Å². The Labute approximate surface area is 117 Å². The number of anilines is 1. The summed E-state index contributed by atoms with van der Waals surface area (Å²) in [6, 6.07) is 1.60. The van der Waals surface area contributed by atoms with Crippen LogP contribution in [0.25, 0.3) is 0 Å². The molecule has 2 aliphatic heterocycles. The van der Waals surface area contributed by atoms with Gasteiger partial charge in [0.2, 0.25) is 0 Å². The first-order valence-electron chi connectivity index (χ1n) is 7.01. The molecule has 20 heavy (non-hydrogen) atoms. The fourth-order valence-electron chi connectivity index (χ4n) is 2.77. The Balaban J connectivity index is 1.72. The van der Waals surface area contributed by atoms with E-state index in [1.165, 1.54) is 0 Å². The van der Waals surface area contributed by atoms with E-state index in [1.807, 2.05) is 0 Å². The number of hydrogen-bond donors (Lipinski definition) is 1. The Morgan fingerprint density at radius 3 is 2.95 bits per heavy atom. The van der Waals surface area contributed by atoms with Crippen molar-refractivity contribution < 1.29 is 19.0 Å². The largest absolute Gasteiger partial charge is 0.392 e. The summed E-state index contributed by atoms with van der Waals surface area (Å²) in [7, 11) is 0. The number of pyridine rings is 1. The van der Waals surface area contributed by atoms with E-state index in [4.69, 9.17) is 14.6 Å². The molecular formula is C14H19FN2O3. The lowest BCUT2D eigenvalue weighted by Gasteiger charge is -2.36. The Morgan fingerprint density at radius 2 is 2.20 bits per heavy atom. The van der Waals surface area contributed by atoms with Crippen LogP contribution in [0.3, 0.4) is 0 Å². The van der Waals surface area contributed by atoms with Gasteiger partial charge in [0.05, 0.1) is 25.5 Å². The summed E-state index contributed by atoms with van der Waals surface area (Å²) in [5, 5.41) is 9.13. The van der Waals surface area contributed by atoms with Gasteiger partial charge in [-0.05, 0) is 18.9 Å². The molecule has 2 aliphatic rings. The van der Waals surface area contributed by atoms with Gasteiger partial charge in [0.1, 0.15) is 17.7 Å². The molecule has 2 atom stereocenters. The lowest BCUT2D eigenvalue weighted by Crippen LogP contribution is -2.48. The first kappa shape index (κ1) is 13.7. The maximum Gasteiger partial charge on any atom is 0.147 e. The van der Waals surface area contributed by atoms with Gasteiger partial charge in [-0.2, -0.15) is 0 Å². The smallest absolute Gasteiger partial charge is 0.147 e. The van der Waals surface area contributed by atoms with Crippen molar-refractivity contribution in [3.63, 3.8) is 0 Å². The van der Waals surface area contributed by atoms with E-state index in [0.717, 1.165) is 25.6 Å². The Kier molecular flexibility index (Phi) is 4.14. The number of halogens is 1. The van der Waals surface area contributed by atoms with Crippen molar-refractivity contribution in [1.29, 1.82) is 0 Å². The minimum atomic E-state index is -0.472. The predicted molar refractivity (Wildman–Crippen MR) is 71.0 cm³/mol. The van der Waals surface area contributed by atoms with E-state index in [-0.39, 0.29) is 24.4 Å². The Bertz CT molecular complexity index is 466. The van der Waals surface area contributed by atoms with E-state index in [1.54, 1.807) is 6.07 Å². The third-order valence-corrected chi connectivity index (χ3v) is 3.89. The fourth-order valence-corrected chi connectivity index (χ4v) is 2.77. The molecule has 1 aromatic heterocycles. The van der Waals surface area contributed by atoms with E-state index in [9.17, 15) is 4.39 Å². The van der Waals surface area contributed by atoms with E-state index < -0.39 is 5.82 Å². The molecule has 6 heteroatoms. The number of hydrogen-bond acceptors (Lipinski definition) is 5. The fraction of sp³-hybridized carbons (Fsp3) is 0.643. The second-order valence-corrected chi connectivity index (χ2v) is 5.20. The highest BCUT2D eigenvalue weighted by molar-refractivity contribution is 5.42. The monoisotopic (exact) mass is 282 g/mol. The van der Waals surface area contributed by atoms with Crippen molar-refractivity contribution in [1.82, 2.24) is 4.98 Å². The normalized spacial score (nSPS) is 27.0. The first-order valence-corrected chi connectivity index (χ1v) is 7.01. The lowest BCUT2D eigenvalue weighted by molar-refractivity contribution is -0.0544. The lowest BCUT2D eigenvalue weighted by atomic mass is 10.1. The molecule has 3 rings (SSSR count). The highest BCUT2D eigenvalue weighted by atomic mass is 19.1. The van der Waals surface area contributed by atoms with Crippen LogP contribution < -0.4 is 4.90 Å². The number of rotatable bonds is 3. The molecule has 0 amide bonds. The molecule has 0 aromatic carbocycles. The van der Waals surface area contributed by atoms with Crippen LogP contribution >= 0.6 is 0 Å². The van der Waals surface area contributed by atoms with Gasteiger partial charge < -0.3 is 19.5 Å². The Morgan fingerprint density at radius 1 is 1.35 bits per heavy atom. The average molecular weight is 282 g/mol. The molecule has 2 saturated heterocycles. The quantitative estimate of drug-likeness (QED) is 0.899. The molecule has 1 aromatic rings. The molecule has 2 unspecified atom stereocenters. The average Bonchev–Trinajstić information content (AvgIpc) is 3.02. The summed E-state index contributed by atoms with van der Waals surface area (Å²) in [5.74, 6) is 0.210. The second-order valence-electron chi connectivity index (χ2n) is 5.20. The molecule has 0 bridgehead atoms. The van der Waals surface area contributed by atoms with Crippen LogP contribution in [0.4, 0.5) is 10.2 Å². The standard InChI is InChI=1S/C14H19FN2O3/c15-11-7-16-14(6-10(11)9-18)17-3-5-20-13(8-17)12-2-1-4-19-12/h6-7,12-13,18H,1-5,8-9H2. The summed E-state index contributed by atoms with van der Waals surface area (Å²) in [6.07, 6.45) is 3.45. The topological polar surface area (TPSA) is 54.8 Å². The maximum absolute atomic E-state index is 13.4. The minimum Gasteiger partial charge on any atom is -0.392 e. The third kappa shape index (κ3) is 2.77. The summed E-state index contributed by atoms with van der Waals surface area (Å²) in [5.41, 5.74) is 0.273. The van der Waals surface area contributed by atoms with Crippen molar-refractivity contribution in [2.45, 2.75) is 31.7 Å². The zero-order valence-corrected chi connectivity index (χ0v) is 11.3. The zero-order valence-electron chi connectivity index (χ0n) is 11.3. The molecule has 2 fully saturated rings. The summed E-state index contributed by atoms with van der Waals surface area (Å²) in [4.78, 5) is 6.18. The maximum atomic E-state index is 13.4. The summed E-state index contributed by atoms with van der Waals surface area (Å²) < 4.78 is 24.8. The number of aromatic nitrogens is 1. The van der Waals surface area contributed by atoms with E-state index >= 15 is 0 Å². The molecule has 0 saturated carbocycles. The highest BCUT2D eigenvalue weighted by Crippen LogP contribution is 2.24.